The van der Waals surface area contributed by atoms with E-state index in [2.05, 4.69) is 408 Å². The number of hydrogen-bond donors (Lipinski definition) is 0. The van der Waals surface area contributed by atoms with Gasteiger partial charge in [-0.25, -0.2) is 0 Å². The van der Waals surface area contributed by atoms with Crippen molar-refractivity contribution in [2.45, 2.75) is 27.7 Å². The highest BCUT2D eigenvalue weighted by Crippen LogP contribution is 2.46. The summed E-state index contributed by atoms with van der Waals surface area (Å²) in [5, 5.41) is 14.8. The zero-order valence-corrected chi connectivity index (χ0v) is 55.7. The molecule has 17 aromatic carbocycles. The fourth-order valence-corrected chi connectivity index (χ4v) is 13.4. The van der Waals surface area contributed by atoms with E-state index in [0.717, 1.165) is 62.6 Å². The zero-order valence-electron chi connectivity index (χ0n) is 55.7. The topological polar surface area (TPSA) is 13.0 Å². The van der Waals surface area contributed by atoms with Gasteiger partial charge in [-0.05, 0) is 229 Å². The van der Waals surface area contributed by atoms with Gasteiger partial charge >= 0.3 is 0 Å². The molecule has 0 aliphatic rings. The van der Waals surface area contributed by atoms with Gasteiger partial charge in [0, 0.05) is 73.3 Å². The Balaban J connectivity index is 0.000000166. The van der Waals surface area contributed by atoms with Crippen molar-refractivity contribution >= 4 is 133 Å². The maximum Gasteiger partial charge on any atom is 0.0618 e. The van der Waals surface area contributed by atoms with Gasteiger partial charge in [-0.15, -0.1) is 0 Å². The molecule has 0 bridgehead atoms. The average Bonchev–Trinajstić information content (AvgIpc) is 0.753. The molecule has 0 aromatic heterocycles. The summed E-state index contributed by atoms with van der Waals surface area (Å²) >= 11 is 0. The first-order chi connectivity index (χ1) is 48.6. The Labute approximate surface area is 576 Å². The molecule has 0 aliphatic heterocycles. The molecule has 0 aliphatic carbocycles. The highest BCUT2D eigenvalue weighted by molar-refractivity contribution is 6.14. The Morgan fingerprint density at radius 2 is 0.347 bits per heavy atom. The number of rotatable bonds is 13. The molecule has 4 heteroatoms. The second kappa shape index (κ2) is 29.4. The van der Waals surface area contributed by atoms with E-state index >= 15 is 0 Å². The lowest BCUT2D eigenvalue weighted by Crippen LogP contribution is -2.11. The average molecular weight is 1260 g/mol. The van der Waals surface area contributed by atoms with Gasteiger partial charge in [0.15, 0.2) is 0 Å². The SMILES string of the molecule is CC.CC.c1ccc(N(c2ccc(-c3ccc(N(c4ccccc4)c4c5ccccc5cc5ccccc45)cc3)cc2)c2ccc3cc4ccccc4cc3c2)cc1.c1ccc(N(c2ccccc2)c2ccc3cc4cc(N(c5ccccc5)c5ccccc5)ccc4cc3c2)cc1. The van der Waals surface area contributed by atoms with Gasteiger partial charge in [0.1, 0.15) is 0 Å². The minimum absolute atomic E-state index is 1.11. The molecule has 4 nitrogen and oxygen atoms in total. The van der Waals surface area contributed by atoms with E-state index in [4.69, 9.17) is 0 Å². The van der Waals surface area contributed by atoms with Crippen LogP contribution < -0.4 is 19.6 Å². The first-order valence-electron chi connectivity index (χ1n) is 34.1. The van der Waals surface area contributed by atoms with E-state index in [1.807, 2.05) is 27.7 Å². The van der Waals surface area contributed by atoms with Crippen LogP contribution in [0.25, 0.3) is 75.8 Å². The van der Waals surface area contributed by atoms with Crippen LogP contribution in [0.1, 0.15) is 27.7 Å². The van der Waals surface area contributed by atoms with Crippen LogP contribution in [-0.4, -0.2) is 0 Å². The number of benzene rings is 17. The Hall–Kier alpha value is -12.5. The molecular formula is C94H76N4. The fourth-order valence-electron chi connectivity index (χ4n) is 13.4. The van der Waals surface area contributed by atoms with Crippen molar-refractivity contribution in [1.29, 1.82) is 0 Å². The van der Waals surface area contributed by atoms with Gasteiger partial charge in [-0.1, -0.05) is 252 Å². The zero-order chi connectivity index (χ0) is 66.6. The van der Waals surface area contributed by atoms with E-state index in [-0.39, 0.29) is 0 Å². The second-order valence-corrected chi connectivity index (χ2v) is 23.8. The van der Waals surface area contributed by atoms with Gasteiger partial charge in [0.25, 0.3) is 0 Å². The molecule has 0 atom stereocenters. The van der Waals surface area contributed by atoms with Crippen LogP contribution in [-0.2, 0) is 0 Å². The van der Waals surface area contributed by atoms with Crippen molar-refractivity contribution in [3.8, 4) is 11.1 Å². The molecule has 0 amide bonds. The van der Waals surface area contributed by atoms with Crippen molar-refractivity contribution in [3.05, 3.63) is 388 Å². The van der Waals surface area contributed by atoms with Gasteiger partial charge in [0.2, 0.25) is 0 Å². The van der Waals surface area contributed by atoms with Gasteiger partial charge in [-0.2, -0.15) is 0 Å². The third-order valence-corrected chi connectivity index (χ3v) is 17.9. The molecule has 17 rings (SSSR count). The number of hydrogen-bond acceptors (Lipinski definition) is 4. The Morgan fingerprint density at radius 3 is 0.653 bits per heavy atom. The van der Waals surface area contributed by atoms with Crippen LogP contribution in [0.3, 0.4) is 0 Å². The number of anilines is 12. The molecule has 0 saturated carbocycles. The third kappa shape index (κ3) is 13.2. The normalized spacial score (nSPS) is 10.9. The summed E-state index contributed by atoms with van der Waals surface area (Å²) in [6.45, 7) is 8.00. The molecule has 0 N–H and O–H groups in total. The smallest absolute Gasteiger partial charge is 0.0618 e. The number of nitrogens with zero attached hydrogens (tertiary/aromatic N) is 4. The molecule has 0 unspecified atom stereocenters. The summed E-state index contributed by atoms with van der Waals surface area (Å²) in [5.74, 6) is 0. The van der Waals surface area contributed by atoms with Crippen LogP contribution in [0, 0.1) is 0 Å². The summed E-state index contributed by atoms with van der Waals surface area (Å²) in [7, 11) is 0. The van der Waals surface area contributed by atoms with Crippen LogP contribution in [0.2, 0.25) is 0 Å². The predicted molar refractivity (Wildman–Crippen MR) is 425 cm³/mol. The van der Waals surface area contributed by atoms with Crippen LogP contribution in [0.5, 0.6) is 0 Å². The van der Waals surface area contributed by atoms with E-state index in [9.17, 15) is 0 Å². The molecule has 472 valence electrons. The molecule has 0 radical (unpaired) electrons. The largest absolute Gasteiger partial charge is 0.310 e. The Bertz CT molecular complexity index is 5200. The number of para-hydroxylation sites is 6. The highest BCUT2D eigenvalue weighted by Gasteiger charge is 2.21. The summed E-state index contributed by atoms with van der Waals surface area (Å²) < 4.78 is 0. The number of fused-ring (bicyclic) bond motifs is 6. The van der Waals surface area contributed by atoms with E-state index < -0.39 is 0 Å². The standard InChI is InChI=1S/C52H36N2.C38H28N2.2C2H6/c1-3-17-45(18-4-1)53(49-32-27-41-33-39-13-7-8-14-40(39)34-44(41)36-49)47-28-23-37(24-29-47)38-25-30-48(31-26-38)54(46-19-5-2-6-20-46)52-50-21-11-9-15-42(50)35-43-16-10-12-22-51(43)52;1-5-13-33(14-6-1)39(34-15-7-2-8-16-34)37-23-21-29-26-32-28-38(24-22-30(32)25-31(29)27-37)40(35-17-9-3-10-18-35)36-19-11-4-12-20-36;2*1-2/h1-36H;1-28H;2*1-2H3. The fraction of sp³-hybridized carbons (Fsp3) is 0.0426. The van der Waals surface area contributed by atoms with Crippen LogP contribution >= 0.6 is 0 Å². The lowest BCUT2D eigenvalue weighted by Gasteiger charge is -2.28. The molecule has 17 aromatic rings. The Morgan fingerprint density at radius 1 is 0.143 bits per heavy atom. The van der Waals surface area contributed by atoms with Gasteiger partial charge < -0.3 is 19.6 Å². The quantitative estimate of drug-likeness (QED) is 0.107. The monoisotopic (exact) mass is 1260 g/mol. The van der Waals surface area contributed by atoms with Crippen LogP contribution in [0.4, 0.5) is 68.2 Å². The molecule has 0 spiro atoms. The minimum atomic E-state index is 1.11. The van der Waals surface area contributed by atoms with Gasteiger partial charge in [0.05, 0.1) is 5.69 Å². The summed E-state index contributed by atoms with van der Waals surface area (Å²) in [6.07, 6.45) is 0. The van der Waals surface area contributed by atoms with Gasteiger partial charge in [-0.3, -0.25) is 0 Å². The molecule has 0 heterocycles. The first-order valence-corrected chi connectivity index (χ1v) is 34.1. The predicted octanol–water partition coefficient (Wildman–Crippen LogP) is 27.9. The third-order valence-electron chi connectivity index (χ3n) is 17.9. The second-order valence-electron chi connectivity index (χ2n) is 23.8. The van der Waals surface area contributed by atoms with Crippen molar-refractivity contribution < 1.29 is 0 Å². The summed E-state index contributed by atoms with van der Waals surface area (Å²) in [4.78, 5) is 9.37. The lowest BCUT2D eigenvalue weighted by molar-refractivity contribution is 1.29. The van der Waals surface area contributed by atoms with E-state index in [0.29, 0.717) is 0 Å². The summed E-state index contributed by atoms with van der Waals surface area (Å²) in [5.41, 5.74) is 16.0. The molecule has 0 saturated heterocycles. The van der Waals surface area contributed by atoms with Crippen molar-refractivity contribution in [2.24, 2.45) is 0 Å². The van der Waals surface area contributed by atoms with Crippen molar-refractivity contribution in [2.75, 3.05) is 19.6 Å². The Kier molecular flexibility index (Phi) is 18.9. The highest BCUT2D eigenvalue weighted by atomic mass is 15.2. The summed E-state index contributed by atoms with van der Waals surface area (Å²) in [6, 6.07) is 139. The van der Waals surface area contributed by atoms with Crippen molar-refractivity contribution in [3.63, 3.8) is 0 Å². The van der Waals surface area contributed by atoms with E-state index in [1.54, 1.807) is 0 Å². The minimum Gasteiger partial charge on any atom is -0.310 e. The maximum absolute atomic E-state index is 2.40. The van der Waals surface area contributed by atoms with Crippen molar-refractivity contribution in [1.82, 2.24) is 0 Å². The lowest BCUT2D eigenvalue weighted by atomic mass is 9.98. The molecule has 98 heavy (non-hydrogen) atoms. The molecular weight excluding hydrogens is 1190 g/mol. The van der Waals surface area contributed by atoms with E-state index in [1.165, 1.54) is 81.4 Å². The molecule has 0 fully saturated rings. The first kappa shape index (κ1) is 62.9. The maximum atomic E-state index is 2.40. The van der Waals surface area contributed by atoms with Crippen LogP contribution in [0.15, 0.2) is 388 Å².